The molecule has 5 nitrogen and oxygen atoms in total. The van der Waals surface area contributed by atoms with Crippen molar-refractivity contribution in [3.63, 3.8) is 0 Å². The molecule has 2 aromatic heterocycles. The molecular formula is C23H18N2O3S. The lowest BCUT2D eigenvalue weighted by atomic mass is 10.1. The second-order valence-electron chi connectivity index (χ2n) is 6.45. The number of hydrogen-bond donors (Lipinski definition) is 1. The van der Waals surface area contributed by atoms with Crippen molar-refractivity contribution in [1.82, 2.24) is 5.16 Å². The molecule has 2 heterocycles. The number of fused-ring (bicyclic) bond motifs is 1. The molecule has 144 valence electrons. The monoisotopic (exact) mass is 402 g/mol. The molecule has 0 spiro atoms. The minimum absolute atomic E-state index is 0.296. The van der Waals surface area contributed by atoms with Gasteiger partial charge in [0.25, 0.3) is 0 Å². The highest BCUT2D eigenvalue weighted by Crippen LogP contribution is 2.25. The lowest BCUT2D eigenvalue weighted by Gasteiger charge is -2.13. The van der Waals surface area contributed by atoms with Gasteiger partial charge >= 0.3 is 6.09 Å². The van der Waals surface area contributed by atoms with E-state index in [-0.39, 0.29) is 6.10 Å². The zero-order chi connectivity index (χ0) is 20.2. The summed E-state index contributed by atoms with van der Waals surface area (Å²) in [5.74, 6) is 6.34. The lowest BCUT2D eigenvalue weighted by Crippen LogP contribution is -2.16. The van der Waals surface area contributed by atoms with E-state index >= 15 is 0 Å². The number of benzene rings is 2. The molecule has 1 amide bonds. The fraction of sp³-hybridized carbons (Fsp3) is 0.130. The number of rotatable bonds is 3. The third-order valence-electron chi connectivity index (χ3n) is 4.37. The number of aryl methyl sites for hydroxylation is 1. The number of amides is 1. The van der Waals surface area contributed by atoms with Gasteiger partial charge in [-0.25, -0.2) is 4.79 Å². The van der Waals surface area contributed by atoms with Crippen LogP contribution in [0, 0.1) is 18.8 Å². The zero-order valence-electron chi connectivity index (χ0n) is 15.9. The number of carbonyl (C=O) groups excluding carboxylic acids is 1. The standard InChI is InChI=1S/C23H18N2O3S/c1-15-22(24-23(26)27-16(2)17-8-4-3-5-9-17)20(28-25-15)13-12-19-14-18-10-6-7-11-21(18)29-19/h3-11,14,16H,1-2H3,(H,24,26). The van der Waals surface area contributed by atoms with Gasteiger partial charge in [0.2, 0.25) is 5.76 Å². The van der Waals surface area contributed by atoms with Crippen LogP contribution >= 0.6 is 11.3 Å². The maximum Gasteiger partial charge on any atom is 0.412 e. The van der Waals surface area contributed by atoms with E-state index in [0.29, 0.717) is 17.1 Å². The normalized spacial score (nSPS) is 11.5. The van der Waals surface area contributed by atoms with Crippen molar-refractivity contribution < 1.29 is 14.1 Å². The number of hydrogen-bond acceptors (Lipinski definition) is 5. The molecule has 0 aliphatic rings. The molecule has 6 heteroatoms. The average Bonchev–Trinajstić information content (AvgIpc) is 3.30. The predicted octanol–water partition coefficient (Wildman–Crippen LogP) is 5.91. The van der Waals surface area contributed by atoms with Crippen molar-refractivity contribution in [2.45, 2.75) is 20.0 Å². The molecule has 4 rings (SSSR count). The molecule has 0 fully saturated rings. The van der Waals surface area contributed by atoms with Crippen LogP contribution in [0.1, 0.15) is 34.9 Å². The molecule has 1 unspecified atom stereocenters. The Bertz CT molecular complexity index is 1180. The summed E-state index contributed by atoms with van der Waals surface area (Å²) in [5, 5.41) is 7.77. The first kappa shape index (κ1) is 18.8. The third kappa shape index (κ3) is 4.31. The highest BCUT2D eigenvalue weighted by atomic mass is 32.1. The number of thiophene rings is 1. The Labute approximate surface area is 172 Å². The molecule has 29 heavy (non-hydrogen) atoms. The molecule has 1 atom stereocenters. The Morgan fingerprint density at radius 1 is 1.14 bits per heavy atom. The van der Waals surface area contributed by atoms with E-state index < -0.39 is 6.09 Å². The van der Waals surface area contributed by atoms with E-state index in [1.165, 1.54) is 4.70 Å². The van der Waals surface area contributed by atoms with Gasteiger partial charge in [0.1, 0.15) is 17.5 Å². The zero-order valence-corrected chi connectivity index (χ0v) is 16.7. The molecule has 0 aliphatic heterocycles. The van der Waals surface area contributed by atoms with Crippen molar-refractivity contribution in [1.29, 1.82) is 0 Å². The van der Waals surface area contributed by atoms with Gasteiger partial charge in [-0.1, -0.05) is 53.7 Å². The van der Waals surface area contributed by atoms with Crippen LogP contribution in [0.25, 0.3) is 10.1 Å². The van der Waals surface area contributed by atoms with Crippen molar-refractivity contribution in [3.8, 4) is 11.8 Å². The van der Waals surface area contributed by atoms with E-state index in [0.717, 1.165) is 15.8 Å². The number of aromatic nitrogens is 1. The predicted molar refractivity (Wildman–Crippen MR) is 114 cm³/mol. The first-order chi connectivity index (χ1) is 14.1. The third-order valence-corrected chi connectivity index (χ3v) is 5.40. The summed E-state index contributed by atoms with van der Waals surface area (Å²) in [5.41, 5.74) is 1.87. The number of ether oxygens (including phenoxy) is 1. The molecule has 0 radical (unpaired) electrons. The summed E-state index contributed by atoms with van der Waals surface area (Å²) in [6.07, 6.45) is -0.970. The number of nitrogens with one attached hydrogen (secondary N) is 1. The lowest BCUT2D eigenvalue weighted by molar-refractivity contribution is 0.121. The van der Waals surface area contributed by atoms with E-state index in [1.807, 2.05) is 61.5 Å². The van der Waals surface area contributed by atoms with Crippen LogP contribution < -0.4 is 5.32 Å². The van der Waals surface area contributed by atoms with Gasteiger partial charge in [0, 0.05) is 4.70 Å². The van der Waals surface area contributed by atoms with Crippen molar-refractivity contribution in [2.75, 3.05) is 5.32 Å². The van der Waals surface area contributed by atoms with Crippen LogP contribution in [0.2, 0.25) is 0 Å². The van der Waals surface area contributed by atoms with Crippen molar-refractivity contribution in [2.24, 2.45) is 0 Å². The van der Waals surface area contributed by atoms with Gasteiger partial charge in [-0.2, -0.15) is 0 Å². The fourth-order valence-corrected chi connectivity index (χ4v) is 3.76. The van der Waals surface area contributed by atoms with Crippen LogP contribution in [0.15, 0.2) is 65.2 Å². The molecule has 0 bridgehead atoms. The van der Waals surface area contributed by atoms with E-state index in [2.05, 4.69) is 28.4 Å². The highest BCUT2D eigenvalue weighted by molar-refractivity contribution is 7.19. The summed E-state index contributed by atoms with van der Waals surface area (Å²) in [6.45, 7) is 3.56. The maximum atomic E-state index is 12.3. The Balaban J connectivity index is 1.50. The summed E-state index contributed by atoms with van der Waals surface area (Å²) >= 11 is 1.60. The van der Waals surface area contributed by atoms with Gasteiger partial charge in [-0.05, 0) is 48.8 Å². The average molecular weight is 402 g/mol. The van der Waals surface area contributed by atoms with Gasteiger partial charge in [0.05, 0.1) is 4.88 Å². The summed E-state index contributed by atoms with van der Waals surface area (Å²) in [4.78, 5) is 13.3. The van der Waals surface area contributed by atoms with Crippen LogP contribution in [0.4, 0.5) is 10.5 Å². The Hall–Kier alpha value is -3.56. The Morgan fingerprint density at radius 3 is 2.69 bits per heavy atom. The van der Waals surface area contributed by atoms with E-state index in [1.54, 1.807) is 18.3 Å². The smallest absolute Gasteiger partial charge is 0.412 e. The second kappa shape index (κ2) is 8.21. The minimum atomic E-state index is -0.586. The van der Waals surface area contributed by atoms with Crippen LogP contribution in [-0.4, -0.2) is 11.2 Å². The fourth-order valence-electron chi connectivity index (χ4n) is 2.85. The Kier molecular flexibility index (Phi) is 5.32. The van der Waals surface area contributed by atoms with Crippen molar-refractivity contribution >= 4 is 33.2 Å². The van der Waals surface area contributed by atoms with Gasteiger partial charge in [-0.3, -0.25) is 5.32 Å². The van der Waals surface area contributed by atoms with Crippen LogP contribution in [-0.2, 0) is 4.74 Å². The SMILES string of the molecule is Cc1noc(C#Cc2cc3ccccc3s2)c1NC(=O)OC(C)c1ccccc1. The minimum Gasteiger partial charge on any atom is -0.441 e. The number of nitrogens with zero attached hydrogens (tertiary/aromatic N) is 1. The maximum absolute atomic E-state index is 12.3. The van der Waals surface area contributed by atoms with E-state index in [9.17, 15) is 4.79 Å². The molecular weight excluding hydrogens is 384 g/mol. The summed E-state index contributed by atoms with van der Waals surface area (Å²) in [7, 11) is 0. The summed E-state index contributed by atoms with van der Waals surface area (Å²) in [6, 6.07) is 19.7. The molecule has 1 N–H and O–H groups in total. The van der Waals surface area contributed by atoms with Crippen molar-refractivity contribution in [3.05, 3.63) is 82.6 Å². The molecule has 0 saturated heterocycles. The molecule has 0 aliphatic carbocycles. The first-order valence-electron chi connectivity index (χ1n) is 9.09. The van der Waals surface area contributed by atoms with E-state index in [4.69, 9.17) is 9.26 Å². The molecule has 4 aromatic rings. The topological polar surface area (TPSA) is 64.4 Å². The largest absolute Gasteiger partial charge is 0.441 e. The quantitative estimate of drug-likeness (QED) is 0.433. The first-order valence-corrected chi connectivity index (χ1v) is 9.91. The van der Waals surface area contributed by atoms with Gasteiger partial charge in [-0.15, -0.1) is 11.3 Å². The van der Waals surface area contributed by atoms with Gasteiger partial charge < -0.3 is 9.26 Å². The number of carbonyl (C=O) groups is 1. The highest BCUT2D eigenvalue weighted by Gasteiger charge is 2.17. The summed E-state index contributed by atoms with van der Waals surface area (Å²) < 4.78 is 11.9. The molecule has 0 saturated carbocycles. The number of anilines is 1. The van der Waals surface area contributed by atoms with Crippen LogP contribution in [0.3, 0.4) is 0 Å². The van der Waals surface area contributed by atoms with Gasteiger partial charge in [0.15, 0.2) is 0 Å². The van der Waals surface area contributed by atoms with Crippen LogP contribution in [0.5, 0.6) is 0 Å². The second-order valence-corrected chi connectivity index (χ2v) is 7.54. The Morgan fingerprint density at radius 2 is 1.90 bits per heavy atom. The molecule has 2 aromatic carbocycles.